The smallest absolute Gasteiger partial charge is 0.328 e. The van der Waals surface area contributed by atoms with E-state index in [9.17, 15) is 9.18 Å². The van der Waals surface area contributed by atoms with Crippen LogP contribution in [0.3, 0.4) is 0 Å². The number of anilines is 1. The van der Waals surface area contributed by atoms with Crippen molar-refractivity contribution >= 4 is 38.8 Å². The zero-order valence-corrected chi connectivity index (χ0v) is 27.0. The molecule has 47 heavy (non-hydrogen) atoms. The molecule has 0 fully saturated rings. The first kappa shape index (κ1) is 31.6. The molecule has 0 saturated carbocycles. The van der Waals surface area contributed by atoms with Crippen molar-refractivity contribution in [2.75, 3.05) is 19.0 Å². The van der Waals surface area contributed by atoms with Gasteiger partial charge >= 0.3 is 5.97 Å². The van der Waals surface area contributed by atoms with Gasteiger partial charge in [-0.1, -0.05) is 30.3 Å². The summed E-state index contributed by atoms with van der Waals surface area (Å²) < 4.78 is 37.2. The van der Waals surface area contributed by atoms with Gasteiger partial charge in [0.25, 0.3) is 0 Å². The molecule has 0 saturated heterocycles. The summed E-state index contributed by atoms with van der Waals surface area (Å²) in [5.41, 5.74) is 3.27. The number of aromatic nitrogens is 4. The average molecular weight is 699 g/mol. The van der Waals surface area contributed by atoms with Gasteiger partial charge in [-0.15, -0.1) is 0 Å². The Labute approximate surface area is 278 Å². The molecule has 0 radical (unpaired) electrons. The second kappa shape index (κ2) is 14.4. The number of nitrogens with one attached hydrogen (secondary N) is 1. The maximum absolute atomic E-state index is 13.6. The minimum Gasteiger partial charge on any atom is -0.496 e. The van der Waals surface area contributed by atoms with Crippen LogP contribution in [0, 0.1) is 5.82 Å². The maximum atomic E-state index is 13.6. The molecule has 1 atom stereocenters. The van der Waals surface area contributed by atoms with Crippen molar-refractivity contribution in [3.8, 4) is 34.2 Å². The standard InChI is InChI=1S/C35H29BrFN5O5/c1-3-45-35(43)26(42-33-29-30(36)31(47-34(29)41-20-40-33)22-12-14-24(37)15-13-22)16-23-8-4-6-10-27(23)46-19-21-17-38-32(39-18-21)25-9-5-7-11-28(25)44-2/h4-15,17-18,20,26H,3,16,19H2,1-2H3,(H,40,41,42)/t26-/m1/s1. The van der Waals surface area contributed by atoms with E-state index >= 15 is 0 Å². The first-order valence-corrected chi connectivity index (χ1v) is 15.5. The van der Waals surface area contributed by atoms with E-state index in [2.05, 4.69) is 41.2 Å². The normalized spacial score (nSPS) is 11.7. The Kier molecular flexibility index (Phi) is 9.67. The number of hydrogen-bond acceptors (Lipinski definition) is 10. The molecule has 6 rings (SSSR count). The highest BCUT2D eigenvalue weighted by Crippen LogP contribution is 2.40. The molecular weight excluding hydrogens is 669 g/mol. The van der Waals surface area contributed by atoms with E-state index in [1.165, 1.54) is 18.5 Å². The van der Waals surface area contributed by atoms with E-state index in [1.807, 2.05) is 48.5 Å². The number of nitrogens with zero attached hydrogens (tertiary/aromatic N) is 4. The number of para-hydroxylation sites is 2. The molecule has 3 heterocycles. The van der Waals surface area contributed by atoms with Crippen LogP contribution in [0.4, 0.5) is 10.2 Å². The van der Waals surface area contributed by atoms with E-state index in [-0.39, 0.29) is 25.5 Å². The van der Waals surface area contributed by atoms with Crippen LogP contribution >= 0.6 is 15.9 Å². The Morgan fingerprint density at radius 3 is 2.43 bits per heavy atom. The monoisotopic (exact) mass is 697 g/mol. The van der Waals surface area contributed by atoms with Crippen LogP contribution in [0.5, 0.6) is 11.5 Å². The third-order valence-corrected chi connectivity index (χ3v) is 8.02. The van der Waals surface area contributed by atoms with Crippen molar-refractivity contribution in [3.05, 3.63) is 113 Å². The van der Waals surface area contributed by atoms with E-state index in [0.29, 0.717) is 50.0 Å². The van der Waals surface area contributed by atoms with Crippen molar-refractivity contribution in [1.29, 1.82) is 0 Å². The second-order valence-electron chi connectivity index (χ2n) is 10.3. The van der Waals surface area contributed by atoms with Gasteiger partial charge in [0.2, 0.25) is 5.71 Å². The van der Waals surface area contributed by atoms with Crippen LogP contribution in [0.25, 0.3) is 33.8 Å². The van der Waals surface area contributed by atoms with E-state index in [0.717, 1.165) is 16.7 Å². The zero-order valence-electron chi connectivity index (χ0n) is 25.4. The highest BCUT2D eigenvalue weighted by atomic mass is 79.9. The molecule has 3 aromatic carbocycles. The Morgan fingerprint density at radius 2 is 1.68 bits per heavy atom. The van der Waals surface area contributed by atoms with Gasteiger partial charge in [0, 0.05) is 29.9 Å². The third-order valence-electron chi connectivity index (χ3n) is 7.26. The molecule has 0 aliphatic carbocycles. The highest BCUT2D eigenvalue weighted by molar-refractivity contribution is 9.10. The van der Waals surface area contributed by atoms with Crippen LogP contribution in [0.15, 0.2) is 100 Å². The molecular formula is C35H29BrFN5O5. The largest absolute Gasteiger partial charge is 0.496 e. The Morgan fingerprint density at radius 1 is 0.957 bits per heavy atom. The van der Waals surface area contributed by atoms with Crippen molar-refractivity contribution < 1.29 is 27.8 Å². The predicted octanol–water partition coefficient (Wildman–Crippen LogP) is 7.42. The molecule has 0 spiro atoms. The Balaban J connectivity index is 1.22. The van der Waals surface area contributed by atoms with Gasteiger partial charge < -0.3 is 23.9 Å². The lowest BCUT2D eigenvalue weighted by molar-refractivity contribution is -0.144. The van der Waals surface area contributed by atoms with Crippen LogP contribution in [0.2, 0.25) is 0 Å². The number of carbonyl (C=O) groups excluding carboxylic acids is 1. The van der Waals surface area contributed by atoms with Gasteiger partial charge in [-0.2, -0.15) is 0 Å². The van der Waals surface area contributed by atoms with Crippen LogP contribution in [-0.4, -0.2) is 45.7 Å². The molecule has 0 aliphatic rings. The fraction of sp³-hybridized carbons (Fsp3) is 0.171. The van der Waals surface area contributed by atoms with Crippen molar-refractivity contribution in [3.63, 3.8) is 0 Å². The topological polar surface area (TPSA) is 121 Å². The first-order chi connectivity index (χ1) is 22.9. The van der Waals surface area contributed by atoms with Crippen LogP contribution in [0.1, 0.15) is 18.1 Å². The molecule has 0 aliphatic heterocycles. The summed E-state index contributed by atoms with van der Waals surface area (Å²) in [4.78, 5) is 30.9. The van der Waals surface area contributed by atoms with Crippen molar-refractivity contribution in [2.45, 2.75) is 26.0 Å². The number of benzene rings is 3. The zero-order chi connectivity index (χ0) is 32.8. The lowest BCUT2D eigenvalue weighted by Crippen LogP contribution is -2.34. The number of methoxy groups -OCH3 is 1. The number of ether oxygens (including phenoxy) is 3. The Hall–Kier alpha value is -5.36. The fourth-order valence-corrected chi connectivity index (χ4v) is 5.66. The number of furan rings is 1. The first-order valence-electron chi connectivity index (χ1n) is 14.7. The third kappa shape index (κ3) is 7.07. The molecule has 0 unspecified atom stereocenters. The average Bonchev–Trinajstić information content (AvgIpc) is 3.45. The lowest BCUT2D eigenvalue weighted by atomic mass is 10.0. The molecule has 238 valence electrons. The van der Waals surface area contributed by atoms with Crippen molar-refractivity contribution in [2.24, 2.45) is 0 Å². The van der Waals surface area contributed by atoms with Gasteiger partial charge in [0.15, 0.2) is 11.6 Å². The lowest BCUT2D eigenvalue weighted by Gasteiger charge is -2.20. The summed E-state index contributed by atoms with van der Waals surface area (Å²) in [5, 5.41) is 3.77. The summed E-state index contributed by atoms with van der Waals surface area (Å²) in [5.74, 6) is 1.81. The molecule has 3 aromatic heterocycles. The number of halogens is 2. The second-order valence-corrected chi connectivity index (χ2v) is 11.1. The number of esters is 1. The van der Waals surface area contributed by atoms with Crippen LogP contribution in [-0.2, 0) is 22.6 Å². The maximum Gasteiger partial charge on any atom is 0.328 e. The quantitative estimate of drug-likeness (QED) is 0.129. The summed E-state index contributed by atoms with van der Waals surface area (Å²) in [6.07, 6.45) is 4.99. The van der Waals surface area contributed by atoms with E-state index in [1.54, 1.807) is 38.6 Å². The number of carbonyl (C=O) groups is 1. The molecule has 6 aromatic rings. The number of fused-ring (bicyclic) bond motifs is 1. The molecule has 1 N–H and O–H groups in total. The Bertz CT molecular complexity index is 2000. The van der Waals surface area contributed by atoms with E-state index < -0.39 is 12.0 Å². The van der Waals surface area contributed by atoms with Gasteiger partial charge in [0.05, 0.1) is 29.1 Å². The molecule has 0 bridgehead atoms. The minimum atomic E-state index is -0.836. The van der Waals surface area contributed by atoms with Gasteiger partial charge in [-0.05, 0) is 70.9 Å². The van der Waals surface area contributed by atoms with Gasteiger partial charge in [-0.3, -0.25) is 0 Å². The highest BCUT2D eigenvalue weighted by Gasteiger charge is 2.26. The summed E-state index contributed by atoms with van der Waals surface area (Å²) in [6, 6.07) is 20.1. The molecule has 0 amide bonds. The SMILES string of the molecule is CCOC(=O)[C@@H](Cc1ccccc1OCc1cnc(-c2ccccc2OC)nc1)Nc1ncnc2oc(-c3ccc(F)cc3)c(Br)c12. The molecule has 12 heteroatoms. The van der Waals surface area contributed by atoms with Crippen LogP contribution < -0.4 is 14.8 Å². The minimum absolute atomic E-state index is 0.198. The van der Waals surface area contributed by atoms with E-state index in [4.69, 9.17) is 18.6 Å². The number of hydrogen-bond donors (Lipinski definition) is 1. The molecule has 10 nitrogen and oxygen atoms in total. The number of rotatable bonds is 12. The summed E-state index contributed by atoms with van der Waals surface area (Å²) in [6.45, 7) is 2.16. The van der Waals surface area contributed by atoms with Gasteiger partial charge in [0.1, 0.15) is 42.1 Å². The fourth-order valence-electron chi connectivity index (χ4n) is 4.99. The van der Waals surface area contributed by atoms with Crippen molar-refractivity contribution in [1.82, 2.24) is 19.9 Å². The summed E-state index contributed by atoms with van der Waals surface area (Å²) in [7, 11) is 1.61. The van der Waals surface area contributed by atoms with Gasteiger partial charge in [-0.25, -0.2) is 29.1 Å². The summed E-state index contributed by atoms with van der Waals surface area (Å²) >= 11 is 3.60. The predicted molar refractivity (Wildman–Crippen MR) is 177 cm³/mol.